The van der Waals surface area contributed by atoms with Gasteiger partial charge in [0.05, 0.1) is 10.6 Å². The van der Waals surface area contributed by atoms with Gasteiger partial charge in [-0.1, -0.05) is 35.9 Å². The van der Waals surface area contributed by atoms with Gasteiger partial charge in [-0.15, -0.1) is 11.3 Å². The van der Waals surface area contributed by atoms with Gasteiger partial charge in [0.2, 0.25) is 5.91 Å². The van der Waals surface area contributed by atoms with E-state index in [0.717, 1.165) is 11.1 Å². The molecule has 2 aromatic carbocycles. The highest BCUT2D eigenvalue weighted by Gasteiger charge is 2.16. The number of amides is 1. The Hall–Kier alpha value is -2.42. The summed E-state index contributed by atoms with van der Waals surface area (Å²) < 4.78 is 27.3. The highest BCUT2D eigenvalue weighted by molar-refractivity contribution is 7.93. The Balaban J connectivity index is 1.72. The molecule has 0 radical (unpaired) electrons. The summed E-state index contributed by atoms with van der Waals surface area (Å²) in [6.07, 6.45) is 0. The Kier molecular flexibility index (Phi) is 5.79. The average Bonchev–Trinajstić information content (AvgIpc) is 3.08. The van der Waals surface area contributed by atoms with Crippen molar-refractivity contribution in [1.29, 1.82) is 0 Å². The lowest BCUT2D eigenvalue weighted by Gasteiger charge is -2.05. The van der Waals surface area contributed by atoms with Crippen LogP contribution in [-0.2, 0) is 21.4 Å². The summed E-state index contributed by atoms with van der Waals surface area (Å²) in [5.74, 6) is -0.0869. The maximum atomic E-state index is 12.4. The first kappa shape index (κ1) is 19.3. The van der Waals surface area contributed by atoms with Crippen molar-refractivity contribution in [1.82, 2.24) is 10.3 Å². The topological polar surface area (TPSA) is 88.2 Å². The summed E-state index contributed by atoms with van der Waals surface area (Å²) in [5.41, 5.74) is 2.49. The summed E-state index contributed by atoms with van der Waals surface area (Å²) in [6, 6.07) is 13.5. The van der Waals surface area contributed by atoms with Crippen molar-refractivity contribution in [2.75, 3.05) is 4.72 Å². The van der Waals surface area contributed by atoms with E-state index in [1.165, 1.54) is 42.5 Å². The van der Waals surface area contributed by atoms with E-state index >= 15 is 0 Å². The summed E-state index contributed by atoms with van der Waals surface area (Å²) in [7, 11) is -3.72. The minimum atomic E-state index is -3.72. The van der Waals surface area contributed by atoms with E-state index in [1.807, 2.05) is 24.3 Å². The molecule has 0 unspecified atom stereocenters. The van der Waals surface area contributed by atoms with Gasteiger partial charge in [-0.05, 0) is 29.8 Å². The Morgan fingerprint density at radius 2 is 1.78 bits per heavy atom. The molecule has 1 heterocycles. The zero-order valence-electron chi connectivity index (χ0n) is 14.3. The number of aromatic nitrogens is 1. The number of carbonyl (C=O) groups is 1. The van der Waals surface area contributed by atoms with Gasteiger partial charge >= 0.3 is 0 Å². The number of sulfonamides is 1. The van der Waals surface area contributed by atoms with Crippen LogP contribution in [0, 0.1) is 0 Å². The van der Waals surface area contributed by atoms with Crippen LogP contribution in [0.2, 0.25) is 5.02 Å². The maximum Gasteiger partial charge on any atom is 0.263 e. The zero-order valence-corrected chi connectivity index (χ0v) is 16.7. The molecule has 0 aliphatic carbocycles. The largest absolute Gasteiger partial charge is 0.352 e. The molecule has 0 spiro atoms. The zero-order chi connectivity index (χ0) is 19.4. The van der Waals surface area contributed by atoms with Crippen molar-refractivity contribution < 1.29 is 13.2 Å². The van der Waals surface area contributed by atoms with E-state index in [4.69, 9.17) is 11.6 Å². The average molecular weight is 422 g/mol. The van der Waals surface area contributed by atoms with Crippen LogP contribution in [0.1, 0.15) is 12.5 Å². The lowest BCUT2D eigenvalue weighted by Crippen LogP contribution is -2.18. The van der Waals surface area contributed by atoms with Gasteiger partial charge in [0, 0.05) is 29.4 Å². The van der Waals surface area contributed by atoms with E-state index in [-0.39, 0.29) is 15.9 Å². The first-order chi connectivity index (χ1) is 12.8. The lowest BCUT2D eigenvalue weighted by molar-refractivity contribution is -0.119. The molecule has 0 saturated carbocycles. The van der Waals surface area contributed by atoms with Crippen LogP contribution in [-0.4, -0.2) is 19.3 Å². The molecule has 140 valence electrons. The molecule has 1 aromatic heterocycles. The van der Waals surface area contributed by atoms with Crippen molar-refractivity contribution in [3.8, 4) is 11.3 Å². The van der Waals surface area contributed by atoms with Gasteiger partial charge in [0.15, 0.2) is 5.13 Å². The molecule has 0 bridgehead atoms. The maximum absolute atomic E-state index is 12.4. The van der Waals surface area contributed by atoms with E-state index in [2.05, 4.69) is 15.0 Å². The third-order valence-electron chi connectivity index (χ3n) is 3.64. The number of hydrogen-bond acceptors (Lipinski definition) is 5. The second-order valence-corrected chi connectivity index (χ2v) is 8.68. The quantitative estimate of drug-likeness (QED) is 0.631. The monoisotopic (exact) mass is 421 g/mol. The number of nitrogens with zero attached hydrogens (tertiary/aromatic N) is 1. The Labute approximate surface area is 166 Å². The van der Waals surface area contributed by atoms with Crippen molar-refractivity contribution in [2.45, 2.75) is 18.4 Å². The molecule has 2 N–H and O–H groups in total. The van der Waals surface area contributed by atoms with E-state index in [1.54, 1.807) is 5.38 Å². The summed E-state index contributed by atoms with van der Waals surface area (Å²) in [4.78, 5) is 15.4. The first-order valence-electron chi connectivity index (χ1n) is 7.91. The molecule has 0 aliphatic rings. The SMILES string of the molecule is CC(=O)NCc1ccc(-c2csc(NS(=O)(=O)c3ccc(Cl)cc3)n2)cc1. The second-order valence-electron chi connectivity index (χ2n) is 5.70. The fraction of sp³-hybridized carbons (Fsp3) is 0.111. The number of carbonyl (C=O) groups excluding carboxylic acids is 1. The van der Waals surface area contributed by atoms with Gasteiger partial charge in [0.1, 0.15) is 0 Å². The van der Waals surface area contributed by atoms with Gasteiger partial charge in [-0.2, -0.15) is 0 Å². The van der Waals surface area contributed by atoms with Crippen LogP contribution in [0.5, 0.6) is 0 Å². The molecule has 0 atom stereocenters. The molecule has 27 heavy (non-hydrogen) atoms. The fourth-order valence-electron chi connectivity index (χ4n) is 2.26. The van der Waals surface area contributed by atoms with Crippen molar-refractivity contribution >= 4 is 44.0 Å². The first-order valence-corrected chi connectivity index (χ1v) is 10.7. The molecule has 6 nitrogen and oxygen atoms in total. The third-order valence-corrected chi connectivity index (χ3v) is 6.13. The summed E-state index contributed by atoms with van der Waals surface area (Å²) in [6.45, 7) is 1.93. The Morgan fingerprint density at radius 3 is 2.41 bits per heavy atom. The van der Waals surface area contributed by atoms with Gasteiger partial charge in [0.25, 0.3) is 10.0 Å². The summed E-state index contributed by atoms with van der Waals surface area (Å²) >= 11 is 7.00. The molecule has 3 rings (SSSR count). The van der Waals surface area contributed by atoms with Gasteiger partial charge in [-0.3, -0.25) is 9.52 Å². The number of rotatable bonds is 6. The minimum absolute atomic E-state index is 0.0869. The number of anilines is 1. The molecule has 1 amide bonds. The number of thiazole rings is 1. The second kappa shape index (κ2) is 8.08. The van der Waals surface area contributed by atoms with Crippen molar-refractivity contribution in [3.05, 3.63) is 64.5 Å². The van der Waals surface area contributed by atoms with Crippen molar-refractivity contribution in [3.63, 3.8) is 0 Å². The molecule has 0 saturated heterocycles. The van der Waals surface area contributed by atoms with Gasteiger partial charge in [-0.25, -0.2) is 13.4 Å². The number of hydrogen-bond donors (Lipinski definition) is 2. The van der Waals surface area contributed by atoms with Crippen LogP contribution in [0.4, 0.5) is 5.13 Å². The van der Waals surface area contributed by atoms with Crippen LogP contribution in [0.3, 0.4) is 0 Å². The van der Waals surface area contributed by atoms with Crippen molar-refractivity contribution in [2.24, 2.45) is 0 Å². The normalized spacial score (nSPS) is 11.2. The molecule has 0 fully saturated rings. The highest BCUT2D eigenvalue weighted by atomic mass is 35.5. The molecule has 9 heteroatoms. The Morgan fingerprint density at radius 1 is 1.11 bits per heavy atom. The third kappa shape index (κ3) is 5.06. The predicted molar refractivity (Wildman–Crippen MR) is 107 cm³/mol. The van der Waals surface area contributed by atoms with E-state index in [0.29, 0.717) is 17.3 Å². The number of halogens is 1. The molecule has 0 aliphatic heterocycles. The van der Waals surface area contributed by atoms with Crippen LogP contribution in [0.15, 0.2) is 58.8 Å². The fourth-order valence-corrected chi connectivity index (χ4v) is 4.36. The van der Waals surface area contributed by atoms with Crippen LogP contribution < -0.4 is 10.0 Å². The summed E-state index contributed by atoms with van der Waals surface area (Å²) in [5, 5.41) is 5.26. The van der Waals surface area contributed by atoms with E-state index < -0.39 is 10.0 Å². The standard InChI is InChI=1S/C18H16ClN3O3S2/c1-12(23)20-10-13-2-4-14(5-3-13)17-11-26-18(21-17)22-27(24,25)16-8-6-15(19)7-9-16/h2-9,11H,10H2,1H3,(H,20,23)(H,21,22). The molecule has 3 aromatic rings. The smallest absolute Gasteiger partial charge is 0.263 e. The number of nitrogens with one attached hydrogen (secondary N) is 2. The highest BCUT2D eigenvalue weighted by Crippen LogP contribution is 2.27. The van der Waals surface area contributed by atoms with E-state index in [9.17, 15) is 13.2 Å². The lowest BCUT2D eigenvalue weighted by atomic mass is 10.1. The van der Waals surface area contributed by atoms with Crippen LogP contribution in [0.25, 0.3) is 11.3 Å². The predicted octanol–water partition coefficient (Wildman–Crippen LogP) is 3.90. The molecular weight excluding hydrogens is 406 g/mol. The Bertz CT molecular complexity index is 1050. The van der Waals surface area contributed by atoms with Gasteiger partial charge < -0.3 is 5.32 Å². The number of benzene rings is 2. The minimum Gasteiger partial charge on any atom is -0.352 e. The molecular formula is C18H16ClN3O3S2. The van der Waals surface area contributed by atoms with Crippen LogP contribution >= 0.6 is 22.9 Å².